The number of hydrogen-bond acceptors (Lipinski definition) is 4. The molecule has 7 heteroatoms. The molecule has 0 aliphatic carbocycles. The fourth-order valence-corrected chi connectivity index (χ4v) is 4.79. The number of amides is 1. The molecule has 28 heavy (non-hydrogen) atoms. The molecule has 1 aliphatic rings. The van der Waals surface area contributed by atoms with Gasteiger partial charge in [-0.1, -0.05) is 30.3 Å². The van der Waals surface area contributed by atoms with Gasteiger partial charge in [-0.05, 0) is 50.5 Å². The molecular formula is C21H24N2O4S. The maximum Gasteiger partial charge on any atom is 0.243 e. The monoisotopic (exact) mass is 400 g/mol. The number of hydrogen-bond donors (Lipinski definition) is 1. The number of benzene rings is 2. The van der Waals surface area contributed by atoms with E-state index in [2.05, 4.69) is 5.32 Å². The van der Waals surface area contributed by atoms with E-state index in [0.717, 1.165) is 11.3 Å². The van der Waals surface area contributed by atoms with Crippen LogP contribution >= 0.6 is 0 Å². The van der Waals surface area contributed by atoms with E-state index in [1.807, 2.05) is 31.2 Å². The van der Waals surface area contributed by atoms with Crippen LogP contribution < -0.4 is 5.32 Å². The Kier molecular flexibility index (Phi) is 5.96. The maximum atomic E-state index is 12.8. The average molecular weight is 401 g/mol. The second-order valence-corrected chi connectivity index (χ2v) is 9.00. The quantitative estimate of drug-likeness (QED) is 0.781. The third kappa shape index (κ3) is 4.31. The number of piperidine rings is 1. The van der Waals surface area contributed by atoms with Gasteiger partial charge in [0.15, 0.2) is 5.78 Å². The van der Waals surface area contributed by atoms with Gasteiger partial charge in [0.25, 0.3) is 0 Å². The summed E-state index contributed by atoms with van der Waals surface area (Å²) in [5.74, 6) is -0.396. The number of carbonyl (C=O) groups excluding carboxylic acids is 2. The fraction of sp³-hybridized carbons (Fsp3) is 0.333. The standard InChI is InChI=1S/C21H24N2O4S/c1-15-5-3-4-6-20(15)22-21(25)18-11-13-23(14-12-18)28(26,27)19-9-7-17(8-10-19)16(2)24/h3-10,18H,11-14H2,1-2H3,(H,22,25). The highest BCUT2D eigenvalue weighted by Gasteiger charge is 2.32. The lowest BCUT2D eigenvalue weighted by Crippen LogP contribution is -2.41. The Morgan fingerprint density at radius 2 is 1.61 bits per heavy atom. The third-order valence-electron chi connectivity index (χ3n) is 5.13. The second kappa shape index (κ2) is 8.24. The summed E-state index contributed by atoms with van der Waals surface area (Å²) in [6.45, 7) is 3.96. The van der Waals surface area contributed by atoms with Crippen molar-refractivity contribution in [2.24, 2.45) is 5.92 Å². The molecule has 0 radical (unpaired) electrons. The number of rotatable bonds is 5. The van der Waals surface area contributed by atoms with Crippen molar-refractivity contribution in [2.45, 2.75) is 31.6 Å². The van der Waals surface area contributed by atoms with Crippen molar-refractivity contribution in [3.05, 3.63) is 59.7 Å². The molecule has 1 fully saturated rings. The van der Waals surface area contributed by atoms with E-state index < -0.39 is 10.0 Å². The van der Waals surface area contributed by atoms with Crippen molar-refractivity contribution in [3.8, 4) is 0 Å². The minimum absolute atomic E-state index is 0.0721. The Labute approximate surface area is 165 Å². The summed E-state index contributed by atoms with van der Waals surface area (Å²) in [5.41, 5.74) is 2.25. The van der Waals surface area contributed by atoms with Crippen LogP contribution in [0.2, 0.25) is 0 Å². The number of aryl methyl sites for hydroxylation is 1. The highest BCUT2D eigenvalue weighted by atomic mass is 32.2. The van der Waals surface area contributed by atoms with Gasteiger partial charge in [0.2, 0.25) is 15.9 Å². The lowest BCUT2D eigenvalue weighted by Gasteiger charge is -2.30. The van der Waals surface area contributed by atoms with Crippen LogP contribution in [0.15, 0.2) is 53.4 Å². The van der Waals surface area contributed by atoms with Crippen LogP contribution in [0.3, 0.4) is 0 Å². The van der Waals surface area contributed by atoms with E-state index in [1.165, 1.54) is 35.5 Å². The zero-order chi connectivity index (χ0) is 20.3. The van der Waals surface area contributed by atoms with Gasteiger partial charge in [0.1, 0.15) is 0 Å². The molecule has 2 aromatic rings. The molecule has 0 bridgehead atoms. The zero-order valence-corrected chi connectivity index (χ0v) is 16.8. The normalized spacial score (nSPS) is 15.9. The van der Waals surface area contributed by atoms with Crippen molar-refractivity contribution in [3.63, 3.8) is 0 Å². The predicted molar refractivity (Wildman–Crippen MR) is 108 cm³/mol. The average Bonchev–Trinajstić information content (AvgIpc) is 2.70. The largest absolute Gasteiger partial charge is 0.326 e. The Morgan fingerprint density at radius 3 is 2.18 bits per heavy atom. The van der Waals surface area contributed by atoms with Crippen molar-refractivity contribution in [1.82, 2.24) is 4.31 Å². The van der Waals surface area contributed by atoms with Crippen LogP contribution in [0.5, 0.6) is 0 Å². The predicted octanol–water partition coefficient (Wildman–Crippen LogP) is 3.24. The van der Waals surface area contributed by atoms with E-state index in [9.17, 15) is 18.0 Å². The number of sulfonamides is 1. The van der Waals surface area contributed by atoms with E-state index in [0.29, 0.717) is 31.5 Å². The molecule has 1 saturated heterocycles. The molecule has 1 heterocycles. The van der Waals surface area contributed by atoms with Crippen molar-refractivity contribution in [2.75, 3.05) is 18.4 Å². The molecule has 1 N–H and O–H groups in total. The van der Waals surface area contributed by atoms with E-state index in [-0.39, 0.29) is 22.5 Å². The highest BCUT2D eigenvalue weighted by Crippen LogP contribution is 2.25. The summed E-state index contributed by atoms with van der Waals surface area (Å²) in [4.78, 5) is 24.1. The molecule has 6 nitrogen and oxygen atoms in total. The second-order valence-electron chi connectivity index (χ2n) is 7.06. The molecule has 0 aromatic heterocycles. The smallest absolute Gasteiger partial charge is 0.243 e. The summed E-state index contributed by atoms with van der Waals surface area (Å²) in [5, 5.41) is 2.94. The number of anilines is 1. The summed E-state index contributed by atoms with van der Waals surface area (Å²) < 4.78 is 27.1. The molecule has 3 rings (SSSR count). The fourth-order valence-electron chi connectivity index (χ4n) is 3.32. The van der Waals surface area contributed by atoms with Crippen LogP contribution in [-0.4, -0.2) is 37.5 Å². The molecule has 0 saturated carbocycles. The van der Waals surface area contributed by atoms with Crippen LogP contribution in [0.1, 0.15) is 35.7 Å². The molecule has 1 amide bonds. The lowest BCUT2D eigenvalue weighted by molar-refractivity contribution is -0.120. The first-order valence-electron chi connectivity index (χ1n) is 9.26. The molecule has 1 aliphatic heterocycles. The summed E-state index contributed by atoms with van der Waals surface area (Å²) in [6, 6.07) is 13.5. The zero-order valence-electron chi connectivity index (χ0n) is 16.0. The Morgan fingerprint density at radius 1 is 1.00 bits per heavy atom. The number of para-hydroxylation sites is 1. The van der Waals surface area contributed by atoms with Gasteiger partial charge in [-0.2, -0.15) is 4.31 Å². The topological polar surface area (TPSA) is 83.6 Å². The summed E-state index contributed by atoms with van der Waals surface area (Å²) in [6.07, 6.45) is 0.949. The lowest BCUT2D eigenvalue weighted by atomic mass is 9.97. The van der Waals surface area contributed by atoms with Crippen molar-refractivity contribution < 1.29 is 18.0 Å². The number of carbonyl (C=O) groups is 2. The van der Waals surface area contributed by atoms with Gasteiger partial charge < -0.3 is 5.32 Å². The molecule has 148 valence electrons. The number of ketones is 1. The van der Waals surface area contributed by atoms with Crippen LogP contribution in [0.25, 0.3) is 0 Å². The number of Topliss-reactive ketones (excluding diaryl/α,β-unsaturated/α-hetero) is 1. The van der Waals surface area contributed by atoms with Crippen LogP contribution in [0.4, 0.5) is 5.69 Å². The van der Waals surface area contributed by atoms with E-state index in [1.54, 1.807) is 0 Å². The van der Waals surface area contributed by atoms with E-state index in [4.69, 9.17) is 0 Å². The molecule has 0 atom stereocenters. The minimum Gasteiger partial charge on any atom is -0.326 e. The molecule has 0 spiro atoms. The maximum absolute atomic E-state index is 12.8. The molecule has 0 unspecified atom stereocenters. The first-order chi connectivity index (χ1) is 13.3. The van der Waals surface area contributed by atoms with Crippen LogP contribution in [0, 0.1) is 12.8 Å². The molecule has 2 aromatic carbocycles. The first-order valence-corrected chi connectivity index (χ1v) is 10.7. The molecular weight excluding hydrogens is 376 g/mol. The Hall–Kier alpha value is -2.51. The highest BCUT2D eigenvalue weighted by molar-refractivity contribution is 7.89. The van der Waals surface area contributed by atoms with Gasteiger partial charge in [-0.15, -0.1) is 0 Å². The van der Waals surface area contributed by atoms with E-state index >= 15 is 0 Å². The number of nitrogens with one attached hydrogen (secondary N) is 1. The third-order valence-corrected chi connectivity index (χ3v) is 7.04. The van der Waals surface area contributed by atoms with Gasteiger partial charge >= 0.3 is 0 Å². The van der Waals surface area contributed by atoms with Crippen LogP contribution in [-0.2, 0) is 14.8 Å². The van der Waals surface area contributed by atoms with Gasteiger partial charge in [0, 0.05) is 30.3 Å². The van der Waals surface area contributed by atoms with Gasteiger partial charge in [-0.25, -0.2) is 8.42 Å². The van der Waals surface area contributed by atoms with Crippen molar-refractivity contribution >= 4 is 27.4 Å². The minimum atomic E-state index is -3.63. The van der Waals surface area contributed by atoms with Gasteiger partial charge in [-0.3, -0.25) is 9.59 Å². The van der Waals surface area contributed by atoms with Crippen molar-refractivity contribution in [1.29, 1.82) is 0 Å². The first kappa shape index (κ1) is 20.2. The Bertz CT molecular complexity index is 976. The summed E-state index contributed by atoms with van der Waals surface area (Å²) in [7, 11) is -3.63. The Balaban J connectivity index is 1.63. The van der Waals surface area contributed by atoms with Gasteiger partial charge in [0.05, 0.1) is 4.90 Å². The number of nitrogens with zero attached hydrogens (tertiary/aromatic N) is 1. The summed E-state index contributed by atoms with van der Waals surface area (Å²) >= 11 is 0. The SMILES string of the molecule is CC(=O)c1ccc(S(=O)(=O)N2CCC(C(=O)Nc3ccccc3C)CC2)cc1.